The van der Waals surface area contributed by atoms with E-state index in [9.17, 15) is 0 Å². The lowest BCUT2D eigenvalue weighted by Gasteiger charge is -2.27. The maximum absolute atomic E-state index is 6.34. The van der Waals surface area contributed by atoms with Gasteiger partial charge in [0.2, 0.25) is 0 Å². The van der Waals surface area contributed by atoms with Crippen LogP contribution in [0.4, 0.5) is 0 Å². The lowest BCUT2D eigenvalue weighted by atomic mass is 9.79. The van der Waals surface area contributed by atoms with Crippen LogP contribution in [-0.2, 0) is 6.42 Å². The predicted molar refractivity (Wildman–Crippen MR) is 77.1 cm³/mol. The molecule has 0 amide bonds. The van der Waals surface area contributed by atoms with Crippen molar-refractivity contribution in [3.8, 4) is 0 Å². The molecule has 0 radical (unpaired) electrons. The first-order valence-electron chi connectivity index (χ1n) is 7.12. The summed E-state index contributed by atoms with van der Waals surface area (Å²) in [4.78, 5) is 0. The Hall–Kier alpha value is -1.54. The Kier molecular flexibility index (Phi) is 3.43. The highest BCUT2D eigenvalue weighted by molar-refractivity contribution is 5.33. The van der Waals surface area contributed by atoms with Crippen molar-refractivity contribution >= 4 is 0 Å². The van der Waals surface area contributed by atoms with Gasteiger partial charge in [-0.1, -0.05) is 24.3 Å². The van der Waals surface area contributed by atoms with Gasteiger partial charge in [0.25, 0.3) is 0 Å². The minimum absolute atomic E-state index is 0.0774. The Balaban J connectivity index is 1.77. The molecule has 2 N–H and O–H groups in total. The smallest absolute Gasteiger partial charge is 0.101 e. The summed E-state index contributed by atoms with van der Waals surface area (Å²) in [6.45, 7) is 1.96. The molecular weight excluding hydrogens is 234 g/mol. The van der Waals surface area contributed by atoms with Gasteiger partial charge in [-0.25, -0.2) is 0 Å². The summed E-state index contributed by atoms with van der Waals surface area (Å²) in [5, 5.41) is 0. The van der Waals surface area contributed by atoms with Crippen LogP contribution in [0, 0.1) is 6.92 Å². The van der Waals surface area contributed by atoms with Crippen LogP contribution in [0.3, 0.4) is 0 Å². The standard InChI is InChI=1S/C17H21NO/c1-12-9-15(11-19-12)17(18)10-14-7-4-6-13-5-2-3-8-16(13)14/h2-3,5,8-9,11,14,17H,4,6-7,10,18H2,1H3. The molecule has 0 bridgehead atoms. The fraction of sp³-hybridized carbons (Fsp3) is 0.412. The molecular formula is C17H21NO. The van der Waals surface area contributed by atoms with Crippen LogP contribution >= 0.6 is 0 Å². The number of hydrogen-bond donors (Lipinski definition) is 1. The van der Waals surface area contributed by atoms with E-state index in [0.717, 1.165) is 17.7 Å². The minimum atomic E-state index is 0.0774. The van der Waals surface area contributed by atoms with Crippen LogP contribution in [0.1, 0.15) is 53.7 Å². The van der Waals surface area contributed by atoms with Gasteiger partial charge in [-0.3, -0.25) is 0 Å². The summed E-state index contributed by atoms with van der Waals surface area (Å²) >= 11 is 0. The SMILES string of the molecule is Cc1cc(C(N)CC2CCCc3ccccc32)co1. The third-order valence-electron chi connectivity index (χ3n) is 4.21. The highest BCUT2D eigenvalue weighted by atomic mass is 16.3. The molecule has 3 rings (SSSR count). The van der Waals surface area contributed by atoms with Crippen molar-refractivity contribution in [3.05, 3.63) is 59.0 Å². The molecule has 0 saturated heterocycles. The van der Waals surface area contributed by atoms with Gasteiger partial charge in [0.05, 0.1) is 6.26 Å². The van der Waals surface area contributed by atoms with Crippen molar-refractivity contribution < 1.29 is 4.42 Å². The molecule has 2 heteroatoms. The van der Waals surface area contributed by atoms with Crippen molar-refractivity contribution in [1.29, 1.82) is 0 Å². The molecule has 0 fully saturated rings. The zero-order valence-corrected chi connectivity index (χ0v) is 11.4. The molecule has 1 heterocycles. The molecule has 2 unspecified atom stereocenters. The molecule has 2 atom stereocenters. The third-order valence-corrected chi connectivity index (χ3v) is 4.21. The molecule has 0 aliphatic heterocycles. The molecule has 100 valence electrons. The van der Waals surface area contributed by atoms with Crippen LogP contribution in [0.2, 0.25) is 0 Å². The summed E-state index contributed by atoms with van der Waals surface area (Å²) in [6, 6.07) is 10.9. The quantitative estimate of drug-likeness (QED) is 0.896. The van der Waals surface area contributed by atoms with Crippen molar-refractivity contribution in [2.24, 2.45) is 5.73 Å². The molecule has 1 aliphatic carbocycles. The Bertz CT molecular complexity index is 558. The largest absolute Gasteiger partial charge is 0.469 e. The molecule has 0 spiro atoms. The lowest BCUT2D eigenvalue weighted by Crippen LogP contribution is -2.17. The number of benzene rings is 1. The monoisotopic (exact) mass is 255 g/mol. The Morgan fingerprint density at radius 2 is 2.21 bits per heavy atom. The number of nitrogens with two attached hydrogens (primary N) is 1. The van der Waals surface area contributed by atoms with E-state index in [1.165, 1.54) is 30.4 Å². The summed E-state index contributed by atoms with van der Waals surface area (Å²) < 4.78 is 5.36. The second-order valence-corrected chi connectivity index (χ2v) is 5.62. The van der Waals surface area contributed by atoms with E-state index in [-0.39, 0.29) is 6.04 Å². The van der Waals surface area contributed by atoms with Crippen molar-refractivity contribution in [3.63, 3.8) is 0 Å². The number of hydrogen-bond acceptors (Lipinski definition) is 2. The highest BCUT2D eigenvalue weighted by Gasteiger charge is 2.22. The Morgan fingerprint density at radius 3 is 3.00 bits per heavy atom. The fourth-order valence-electron chi connectivity index (χ4n) is 3.20. The van der Waals surface area contributed by atoms with Gasteiger partial charge >= 0.3 is 0 Å². The van der Waals surface area contributed by atoms with E-state index in [1.54, 1.807) is 6.26 Å². The molecule has 2 aromatic rings. The Labute approximate surface area is 114 Å². The van der Waals surface area contributed by atoms with Gasteiger partial charge in [0.1, 0.15) is 5.76 Å². The first kappa shape index (κ1) is 12.5. The highest BCUT2D eigenvalue weighted by Crippen LogP contribution is 2.37. The van der Waals surface area contributed by atoms with Crippen molar-refractivity contribution in [1.82, 2.24) is 0 Å². The Morgan fingerprint density at radius 1 is 1.37 bits per heavy atom. The predicted octanol–water partition coefficient (Wildman–Crippen LogP) is 4.10. The third kappa shape index (κ3) is 2.59. The summed E-state index contributed by atoms with van der Waals surface area (Å²) in [7, 11) is 0. The molecule has 0 saturated carbocycles. The normalized spacial score (nSPS) is 20.0. The van der Waals surface area contributed by atoms with Crippen LogP contribution in [0.15, 0.2) is 41.0 Å². The van der Waals surface area contributed by atoms with Gasteiger partial charge in [0, 0.05) is 11.6 Å². The van der Waals surface area contributed by atoms with E-state index in [0.29, 0.717) is 5.92 Å². The van der Waals surface area contributed by atoms with Crippen molar-refractivity contribution in [2.45, 2.75) is 44.6 Å². The van der Waals surface area contributed by atoms with Crippen LogP contribution in [0.25, 0.3) is 0 Å². The van der Waals surface area contributed by atoms with Crippen molar-refractivity contribution in [2.75, 3.05) is 0 Å². The molecule has 1 aliphatic rings. The van der Waals surface area contributed by atoms with Gasteiger partial charge in [0.15, 0.2) is 0 Å². The number of furan rings is 1. The van der Waals surface area contributed by atoms with Crippen LogP contribution in [-0.4, -0.2) is 0 Å². The maximum Gasteiger partial charge on any atom is 0.101 e. The van der Waals surface area contributed by atoms with E-state index >= 15 is 0 Å². The molecule has 19 heavy (non-hydrogen) atoms. The topological polar surface area (TPSA) is 39.2 Å². The van der Waals surface area contributed by atoms with Gasteiger partial charge < -0.3 is 10.2 Å². The van der Waals surface area contributed by atoms with Crippen LogP contribution in [0.5, 0.6) is 0 Å². The second-order valence-electron chi connectivity index (χ2n) is 5.62. The fourth-order valence-corrected chi connectivity index (χ4v) is 3.20. The summed E-state index contributed by atoms with van der Waals surface area (Å²) in [5.74, 6) is 1.53. The second kappa shape index (κ2) is 5.22. The number of rotatable bonds is 3. The summed E-state index contributed by atoms with van der Waals surface area (Å²) in [6.07, 6.45) is 6.55. The van der Waals surface area contributed by atoms with E-state index in [1.807, 2.05) is 6.92 Å². The van der Waals surface area contributed by atoms with Crippen LogP contribution < -0.4 is 5.73 Å². The van der Waals surface area contributed by atoms with E-state index < -0.39 is 0 Å². The van der Waals surface area contributed by atoms with Gasteiger partial charge in [-0.15, -0.1) is 0 Å². The van der Waals surface area contributed by atoms with E-state index in [4.69, 9.17) is 10.2 Å². The maximum atomic E-state index is 6.34. The first-order chi connectivity index (χ1) is 9.24. The first-order valence-corrected chi connectivity index (χ1v) is 7.12. The lowest BCUT2D eigenvalue weighted by molar-refractivity contribution is 0.471. The molecule has 2 nitrogen and oxygen atoms in total. The summed E-state index contributed by atoms with van der Waals surface area (Å²) in [5.41, 5.74) is 10.5. The molecule has 1 aromatic carbocycles. The average molecular weight is 255 g/mol. The number of fused-ring (bicyclic) bond motifs is 1. The minimum Gasteiger partial charge on any atom is -0.469 e. The van der Waals surface area contributed by atoms with Gasteiger partial charge in [-0.2, -0.15) is 0 Å². The average Bonchev–Trinajstić information content (AvgIpc) is 2.86. The zero-order chi connectivity index (χ0) is 13.2. The van der Waals surface area contributed by atoms with E-state index in [2.05, 4.69) is 30.3 Å². The molecule has 1 aromatic heterocycles. The van der Waals surface area contributed by atoms with Gasteiger partial charge in [-0.05, 0) is 55.7 Å². The number of aryl methyl sites for hydroxylation is 2. The zero-order valence-electron chi connectivity index (χ0n) is 11.4.